The van der Waals surface area contributed by atoms with Gasteiger partial charge in [-0.2, -0.15) is 0 Å². The highest BCUT2D eigenvalue weighted by Gasteiger charge is 2.04. The van der Waals surface area contributed by atoms with Crippen LogP contribution < -0.4 is 5.32 Å². The van der Waals surface area contributed by atoms with Crippen molar-refractivity contribution in [1.82, 2.24) is 0 Å². The first-order valence-corrected chi connectivity index (χ1v) is 6.89. The van der Waals surface area contributed by atoms with Crippen LogP contribution in [0.1, 0.15) is 11.3 Å². The molecule has 0 spiro atoms. The van der Waals surface area contributed by atoms with Crippen molar-refractivity contribution >= 4 is 17.4 Å². The molecule has 1 N–H and O–H groups in total. The molecule has 0 radical (unpaired) electrons. The summed E-state index contributed by atoms with van der Waals surface area (Å²) < 4.78 is 5.42. The fourth-order valence-electron chi connectivity index (χ4n) is 1.65. The lowest BCUT2D eigenvalue weighted by molar-refractivity contribution is 0.515. The molecule has 0 aliphatic heterocycles. The third-order valence-electron chi connectivity index (χ3n) is 2.65. The standard InChI is InChI=1S/C15H17NOS/c1-3-10-18-15-7-5-4-6-13(15)16-11-14-12(2)8-9-17-14/h3-9,16H,1,10-11H2,2H3. The molecule has 0 fully saturated rings. The number of aryl methyl sites for hydroxylation is 1. The van der Waals surface area contributed by atoms with E-state index in [4.69, 9.17) is 4.42 Å². The van der Waals surface area contributed by atoms with Crippen LogP contribution in [0, 0.1) is 6.92 Å². The molecule has 3 heteroatoms. The number of anilines is 1. The van der Waals surface area contributed by atoms with Crippen molar-refractivity contribution in [1.29, 1.82) is 0 Å². The summed E-state index contributed by atoms with van der Waals surface area (Å²) in [4.78, 5) is 1.24. The van der Waals surface area contributed by atoms with Gasteiger partial charge in [-0.25, -0.2) is 0 Å². The number of benzene rings is 1. The molecule has 1 aromatic heterocycles. The smallest absolute Gasteiger partial charge is 0.125 e. The number of rotatable bonds is 6. The van der Waals surface area contributed by atoms with Crippen LogP contribution in [-0.4, -0.2) is 5.75 Å². The van der Waals surface area contributed by atoms with Gasteiger partial charge in [0, 0.05) is 16.3 Å². The van der Waals surface area contributed by atoms with E-state index in [9.17, 15) is 0 Å². The van der Waals surface area contributed by atoms with Crippen molar-refractivity contribution < 1.29 is 4.42 Å². The normalized spacial score (nSPS) is 10.3. The lowest BCUT2D eigenvalue weighted by Crippen LogP contribution is -2.00. The van der Waals surface area contributed by atoms with Crippen LogP contribution in [0.5, 0.6) is 0 Å². The van der Waals surface area contributed by atoms with Gasteiger partial charge in [-0.1, -0.05) is 18.2 Å². The van der Waals surface area contributed by atoms with Gasteiger partial charge in [0.15, 0.2) is 0 Å². The topological polar surface area (TPSA) is 25.2 Å². The van der Waals surface area contributed by atoms with Crippen molar-refractivity contribution in [2.45, 2.75) is 18.4 Å². The predicted molar refractivity (Wildman–Crippen MR) is 78.1 cm³/mol. The summed E-state index contributed by atoms with van der Waals surface area (Å²) in [7, 11) is 0. The number of nitrogens with one attached hydrogen (secondary N) is 1. The van der Waals surface area contributed by atoms with Crippen molar-refractivity contribution in [3.63, 3.8) is 0 Å². The lowest BCUT2D eigenvalue weighted by Gasteiger charge is -2.10. The number of hydrogen-bond acceptors (Lipinski definition) is 3. The maximum Gasteiger partial charge on any atom is 0.125 e. The Morgan fingerprint density at radius 3 is 2.89 bits per heavy atom. The van der Waals surface area contributed by atoms with Gasteiger partial charge >= 0.3 is 0 Å². The second-order valence-corrected chi connectivity index (χ2v) is 5.04. The molecule has 2 rings (SSSR count). The highest BCUT2D eigenvalue weighted by molar-refractivity contribution is 7.99. The van der Waals surface area contributed by atoms with E-state index in [2.05, 4.69) is 37.0 Å². The first-order valence-electron chi connectivity index (χ1n) is 5.91. The summed E-state index contributed by atoms with van der Waals surface area (Å²) in [6.07, 6.45) is 3.64. The highest BCUT2D eigenvalue weighted by Crippen LogP contribution is 2.27. The molecular formula is C15H17NOS. The zero-order valence-corrected chi connectivity index (χ0v) is 11.3. The second kappa shape index (κ2) is 6.36. The van der Waals surface area contributed by atoms with Gasteiger partial charge in [0.25, 0.3) is 0 Å². The third kappa shape index (κ3) is 3.20. The largest absolute Gasteiger partial charge is 0.467 e. The van der Waals surface area contributed by atoms with E-state index in [1.807, 2.05) is 18.2 Å². The summed E-state index contributed by atoms with van der Waals surface area (Å²) in [5, 5.41) is 3.42. The van der Waals surface area contributed by atoms with Gasteiger partial charge in [-0.15, -0.1) is 18.3 Å². The van der Waals surface area contributed by atoms with Gasteiger partial charge in [0.05, 0.1) is 12.8 Å². The number of hydrogen-bond donors (Lipinski definition) is 1. The summed E-state index contributed by atoms with van der Waals surface area (Å²) in [6, 6.07) is 10.3. The maximum absolute atomic E-state index is 5.42. The molecule has 0 aliphatic rings. The first kappa shape index (κ1) is 12.8. The summed E-state index contributed by atoms with van der Waals surface area (Å²) in [6.45, 7) is 6.51. The van der Waals surface area contributed by atoms with Crippen molar-refractivity contribution in [2.75, 3.05) is 11.1 Å². The Morgan fingerprint density at radius 1 is 1.33 bits per heavy atom. The van der Waals surface area contributed by atoms with Crippen LogP contribution in [0.2, 0.25) is 0 Å². The van der Waals surface area contributed by atoms with Crippen LogP contribution in [-0.2, 0) is 6.54 Å². The van der Waals surface area contributed by atoms with Gasteiger partial charge in [-0.3, -0.25) is 0 Å². The average molecular weight is 259 g/mol. The Hall–Kier alpha value is -1.61. The molecule has 0 saturated carbocycles. The maximum atomic E-state index is 5.42. The Kier molecular flexibility index (Phi) is 4.53. The Bertz CT molecular complexity index is 519. The van der Waals surface area contributed by atoms with Gasteiger partial charge in [0.2, 0.25) is 0 Å². The molecular weight excluding hydrogens is 242 g/mol. The molecule has 94 valence electrons. The van der Waals surface area contributed by atoms with Gasteiger partial charge in [0.1, 0.15) is 5.76 Å². The van der Waals surface area contributed by atoms with Crippen molar-refractivity contribution in [2.24, 2.45) is 0 Å². The number of para-hydroxylation sites is 1. The third-order valence-corrected chi connectivity index (χ3v) is 3.72. The predicted octanol–water partition coefficient (Wildman–Crippen LogP) is 4.48. The molecule has 1 aromatic carbocycles. The van der Waals surface area contributed by atoms with E-state index in [1.54, 1.807) is 18.0 Å². The minimum absolute atomic E-state index is 0.713. The van der Waals surface area contributed by atoms with Crippen molar-refractivity contribution in [3.8, 4) is 0 Å². The fourth-order valence-corrected chi connectivity index (χ4v) is 2.42. The molecule has 0 aliphatic carbocycles. The van der Waals surface area contributed by atoms with E-state index in [1.165, 1.54) is 10.5 Å². The minimum Gasteiger partial charge on any atom is -0.467 e. The van der Waals surface area contributed by atoms with E-state index >= 15 is 0 Å². The fraction of sp³-hybridized carbons (Fsp3) is 0.200. The van der Waals surface area contributed by atoms with E-state index in [0.29, 0.717) is 6.54 Å². The number of thioether (sulfide) groups is 1. The van der Waals surface area contributed by atoms with Crippen LogP contribution in [0.15, 0.2) is 58.6 Å². The van der Waals surface area contributed by atoms with E-state index in [-0.39, 0.29) is 0 Å². The molecule has 0 unspecified atom stereocenters. The molecule has 0 saturated heterocycles. The van der Waals surface area contributed by atoms with Crippen LogP contribution in [0.25, 0.3) is 0 Å². The molecule has 0 atom stereocenters. The first-order chi connectivity index (χ1) is 8.81. The molecule has 0 bridgehead atoms. The molecule has 2 nitrogen and oxygen atoms in total. The number of furan rings is 1. The summed E-state index contributed by atoms with van der Waals surface area (Å²) in [5.41, 5.74) is 2.32. The van der Waals surface area contributed by atoms with Gasteiger partial charge in [-0.05, 0) is 30.7 Å². The van der Waals surface area contributed by atoms with Crippen molar-refractivity contribution in [3.05, 3.63) is 60.6 Å². The monoisotopic (exact) mass is 259 g/mol. The molecule has 0 amide bonds. The van der Waals surface area contributed by atoms with Crippen LogP contribution in [0.3, 0.4) is 0 Å². The Balaban J connectivity index is 2.04. The van der Waals surface area contributed by atoms with Crippen LogP contribution in [0.4, 0.5) is 5.69 Å². The zero-order chi connectivity index (χ0) is 12.8. The minimum atomic E-state index is 0.713. The quantitative estimate of drug-likeness (QED) is 0.611. The van der Waals surface area contributed by atoms with E-state index < -0.39 is 0 Å². The Morgan fingerprint density at radius 2 is 2.17 bits per heavy atom. The molecule has 2 aromatic rings. The molecule has 18 heavy (non-hydrogen) atoms. The Labute approximate surface area is 112 Å². The average Bonchev–Trinajstić information content (AvgIpc) is 2.80. The SMILES string of the molecule is C=CCSc1ccccc1NCc1occc1C. The molecule has 1 heterocycles. The second-order valence-electron chi connectivity index (χ2n) is 3.98. The van der Waals surface area contributed by atoms with E-state index in [0.717, 1.165) is 17.2 Å². The summed E-state index contributed by atoms with van der Waals surface area (Å²) >= 11 is 1.78. The van der Waals surface area contributed by atoms with Gasteiger partial charge < -0.3 is 9.73 Å². The highest BCUT2D eigenvalue weighted by atomic mass is 32.2. The zero-order valence-electron chi connectivity index (χ0n) is 10.5. The van der Waals surface area contributed by atoms with Crippen LogP contribution >= 0.6 is 11.8 Å². The lowest BCUT2D eigenvalue weighted by atomic mass is 10.2. The summed E-state index contributed by atoms with van der Waals surface area (Å²) in [5.74, 6) is 1.90.